The lowest BCUT2D eigenvalue weighted by Crippen LogP contribution is -2.22. The Hall–Kier alpha value is -2.51. The summed E-state index contributed by atoms with van der Waals surface area (Å²) in [7, 11) is 0. The minimum Gasteiger partial charge on any atom is -0.493 e. The summed E-state index contributed by atoms with van der Waals surface area (Å²) in [5.41, 5.74) is 2.33. The van der Waals surface area contributed by atoms with E-state index in [1.807, 2.05) is 44.2 Å². The SMILES string of the molecule is CCOc1ccccc1-c1nnc(S[C@H](C)C(=O)Nc2cc(Cl)ccc2C)o1. The van der Waals surface area contributed by atoms with Gasteiger partial charge in [-0.05, 0) is 50.6 Å². The molecule has 3 aromatic rings. The van der Waals surface area contributed by atoms with Crippen molar-refractivity contribution < 1.29 is 13.9 Å². The van der Waals surface area contributed by atoms with Crippen molar-refractivity contribution in [3.8, 4) is 17.2 Å². The number of amides is 1. The second kappa shape index (κ2) is 9.12. The molecule has 0 aliphatic carbocycles. The predicted octanol–water partition coefficient (Wildman–Crippen LogP) is 5.22. The van der Waals surface area contributed by atoms with Crippen LogP contribution in [0.3, 0.4) is 0 Å². The molecule has 3 rings (SSSR count). The van der Waals surface area contributed by atoms with E-state index in [0.717, 1.165) is 11.1 Å². The fraction of sp³-hybridized carbons (Fsp3) is 0.250. The maximum atomic E-state index is 12.5. The predicted molar refractivity (Wildman–Crippen MR) is 111 cm³/mol. The summed E-state index contributed by atoms with van der Waals surface area (Å²) in [5, 5.41) is 11.5. The molecule has 8 heteroatoms. The highest BCUT2D eigenvalue weighted by Gasteiger charge is 2.20. The summed E-state index contributed by atoms with van der Waals surface area (Å²) in [6.07, 6.45) is 0. The van der Waals surface area contributed by atoms with Crippen LogP contribution >= 0.6 is 23.4 Å². The van der Waals surface area contributed by atoms with Crippen LogP contribution in [0.5, 0.6) is 5.75 Å². The van der Waals surface area contributed by atoms with Crippen LogP contribution < -0.4 is 10.1 Å². The van der Waals surface area contributed by atoms with Gasteiger partial charge in [0.25, 0.3) is 11.1 Å². The second-order valence-electron chi connectivity index (χ2n) is 6.01. The summed E-state index contributed by atoms with van der Waals surface area (Å²) >= 11 is 7.20. The summed E-state index contributed by atoms with van der Waals surface area (Å²) in [6, 6.07) is 12.8. The molecule has 28 heavy (non-hydrogen) atoms. The molecule has 0 saturated carbocycles. The first-order valence-electron chi connectivity index (χ1n) is 8.77. The molecule has 6 nitrogen and oxygen atoms in total. The Balaban J connectivity index is 1.69. The van der Waals surface area contributed by atoms with E-state index in [0.29, 0.717) is 34.2 Å². The number of carbonyl (C=O) groups excluding carboxylic acids is 1. The normalized spacial score (nSPS) is 11.9. The molecule has 1 atom stereocenters. The molecular weight excluding hydrogens is 398 g/mol. The number of rotatable bonds is 7. The zero-order valence-corrected chi connectivity index (χ0v) is 17.3. The Morgan fingerprint density at radius 2 is 2.07 bits per heavy atom. The van der Waals surface area contributed by atoms with Gasteiger partial charge in [-0.2, -0.15) is 0 Å². The molecule has 0 bridgehead atoms. The Bertz CT molecular complexity index is 977. The fourth-order valence-electron chi connectivity index (χ4n) is 2.46. The first-order chi connectivity index (χ1) is 13.5. The minimum absolute atomic E-state index is 0.176. The summed E-state index contributed by atoms with van der Waals surface area (Å²) in [6.45, 7) is 6.13. The maximum Gasteiger partial charge on any atom is 0.277 e. The van der Waals surface area contributed by atoms with Gasteiger partial charge in [0.2, 0.25) is 5.91 Å². The number of para-hydroxylation sites is 1. The van der Waals surface area contributed by atoms with Crippen LogP contribution in [0.4, 0.5) is 5.69 Å². The number of benzene rings is 2. The molecule has 1 heterocycles. The van der Waals surface area contributed by atoms with E-state index in [4.69, 9.17) is 20.8 Å². The van der Waals surface area contributed by atoms with E-state index in [1.165, 1.54) is 11.8 Å². The molecule has 2 aromatic carbocycles. The molecule has 0 saturated heterocycles. The van der Waals surface area contributed by atoms with Crippen molar-refractivity contribution >= 4 is 35.0 Å². The van der Waals surface area contributed by atoms with Gasteiger partial charge < -0.3 is 14.5 Å². The Morgan fingerprint density at radius 3 is 2.86 bits per heavy atom. The zero-order valence-electron chi connectivity index (χ0n) is 15.7. The lowest BCUT2D eigenvalue weighted by Gasteiger charge is -2.12. The van der Waals surface area contributed by atoms with Gasteiger partial charge in [0.1, 0.15) is 5.75 Å². The molecule has 0 unspecified atom stereocenters. The Labute approximate surface area is 172 Å². The quantitative estimate of drug-likeness (QED) is 0.531. The molecule has 0 aliphatic heterocycles. The van der Waals surface area contributed by atoms with Crippen molar-refractivity contribution in [1.82, 2.24) is 10.2 Å². The number of hydrogen-bond acceptors (Lipinski definition) is 6. The van der Waals surface area contributed by atoms with Crippen LogP contribution in [0.1, 0.15) is 19.4 Å². The number of nitrogens with one attached hydrogen (secondary N) is 1. The Kier molecular flexibility index (Phi) is 6.59. The van der Waals surface area contributed by atoms with Gasteiger partial charge in [-0.1, -0.05) is 41.6 Å². The van der Waals surface area contributed by atoms with E-state index >= 15 is 0 Å². The highest BCUT2D eigenvalue weighted by molar-refractivity contribution is 8.00. The minimum atomic E-state index is -0.436. The lowest BCUT2D eigenvalue weighted by molar-refractivity contribution is -0.115. The molecule has 1 N–H and O–H groups in total. The van der Waals surface area contributed by atoms with Gasteiger partial charge in [-0.15, -0.1) is 10.2 Å². The first-order valence-corrected chi connectivity index (χ1v) is 10.0. The van der Waals surface area contributed by atoms with Crippen LogP contribution in [-0.4, -0.2) is 28.0 Å². The number of hydrogen-bond donors (Lipinski definition) is 1. The first kappa shape index (κ1) is 20.2. The number of nitrogens with zero attached hydrogens (tertiary/aromatic N) is 2. The topological polar surface area (TPSA) is 77.2 Å². The number of ether oxygens (including phenoxy) is 1. The number of carbonyl (C=O) groups is 1. The van der Waals surface area contributed by atoms with Crippen molar-refractivity contribution in [3.63, 3.8) is 0 Å². The highest BCUT2D eigenvalue weighted by Crippen LogP contribution is 2.32. The van der Waals surface area contributed by atoms with Crippen LogP contribution in [0, 0.1) is 6.92 Å². The molecule has 146 valence electrons. The third-order valence-electron chi connectivity index (χ3n) is 3.93. The molecular formula is C20H20ClN3O3S. The van der Waals surface area contributed by atoms with Gasteiger partial charge in [-0.3, -0.25) is 4.79 Å². The Morgan fingerprint density at radius 1 is 1.29 bits per heavy atom. The van der Waals surface area contributed by atoms with Gasteiger partial charge in [0, 0.05) is 10.7 Å². The number of aromatic nitrogens is 2. The van der Waals surface area contributed by atoms with E-state index in [2.05, 4.69) is 15.5 Å². The summed E-state index contributed by atoms with van der Waals surface area (Å²) in [4.78, 5) is 12.5. The number of aryl methyl sites for hydroxylation is 1. The largest absolute Gasteiger partial charge is 0.493 e. The molecule has 1 aromatic heterocycles. The smallest absolute Gasteiger partial charge is 0.277 e. The van der Waals surface area contributed by atoms with Crippen molar-refractivity contribution in [1.29, 1.82) is 0 Å². The average molecular weight is 418 g/mol. The van der Waals surface area contributed by atoms with Gasteiger partial charge in [0.15, 0.2) is 0 Å². The third-order valence-corrected chi connectivity index (χ3v) is 5.10. The standard InChI is InChI=1S/C20H20ClN3O3S/c1-4-26-17-8-6-5-7-15(17)19-23-24-20(27-19)28-13(3)18(25)22-16-11-14(21)10-9-12(16)2/h5-11,13H,4H2,1-3H3,(H,22,25)/t13-/m1/s1. The van der Waals surface area contributed by atoms with E-state index in [-0.39, 0.29) is 5.91 Å². The molecule has 0 aliphatic rings. The monoisotopic (exact) mass is 417 g/mol. The van der Waals surface area contributed by atoms with E-state index in [1.54, 1.807) is 19.1 Å². The summed E-state index contributed by atoms with van der Waals surface area (Å²) in [5.74, 6) is 0.849. The average Bonchev–Trinajstić information content (AvgIpc) is 3.13. The number of halogens is 1. The molecule has 1 amide bonds. The molecule has 0 fully saturated rings. The highest BCUT2D eigenvalue weighted by atomic mass is 35.5. The zero-order chi connectivity index (χ0) is 20.1. The van der Waals surface area contributed by atoms with Crippen LogP contribution in [-0.2, 0) is 4.79 Å². The number of thioether (sulfide) groups is 1. The van der Waals surface area contributed by atoms with Gasteiger partial charge in [0.05, 0.1) is 17.4 Å². The maximum absolute atomic E-state index is 12.5. The fourth-order valence-corrected chi connectivity index (χ4v) is 3.31. The molecule has 0 spiro atoms. The van der Waals surface area contributed by atoms with Crippen LogP contribution in [0.15, 0.2) is 52.1 Å². The van der Waals surface area contributed by atoms with Gasteiger partial charge >= 0.3 is 0 Å². The van der Waals surface area contributed by atoms with Crippen molar-refractivity contribution in [2.24, 2.45) is 0 Å². The molecule has 0 radical (unpaired) electrons. The number of anilines is 1. The summed E-state index contributed by atoms with van der Waals surface area (Å²) < 4.78 is 11.3. The van der Waals surface area contributed by atoms with Gasteiger partial charge in [-0.25, -0.2) is 0 Å². The van der Waals surface area contributed by atoms with E-state index < -0.39 is 5.25 Å². The van der Waals surface area contributed by atoms with Crippen molar-refractivity contribution in [3.05, 3.63) is 53.1 Å². The lowest BCUT2D eigenvalue weighted by atomic mass is 10.2. The van der Waals surface area contributed by atoms with Crippen molar-refractivity contribution in [2.45, 2.75) is 31.2 Å². The van der Waals surface area contributed by atoms with Crippen LogP contribution in [0.2, 0.25) is 5.02 Å². The second-order valence-corrected chi connectivity index (χ2v) is 7.74. The third kappa shape index (κ3) is 4.85. The van der Waals surface area contributed by atoms with Crippen molar-refractivity contribution in [2.75, 3.05) is 11.9 Å². The van der Waals surface area contributed by atoms with Crippen LogP contribution in [0.25, 0.3) is 11.5 Å². The van der Waals surface area contributed by atoms with E-state index in [9.17, 15) is 4.79 Å².